The third-order valence-corrected chi connectivity index (χ3v) is 6.87. The Kier molecular flexibility index (Phi) is 7.08. The van der Waals surface area contributed by atoms with Crippen LogP contribution in [0.4, 0.5) is 0 Å². The number of para-hydroxylation sites is 1. The van der Waals surface area contributed by atoms with Crippen molar-refractivity contribution >= 4 is 16.8 Å². The lowest BCUT2D eigenvalue weighted by Gasteiger charge is -2.34. The van der Waals surface area contributed by atoms with Gasteiger partial charge in [0.1, 0.15) is 0 Å². The third-order valence-electron chi connectivity index (χ3n) is 6.87. The maximum atomic E-state index is 13.3. The number of aromatic amines is 1. The average molecular weight is 418 g/mol. The van der Waals surface area contributed by atoms with Crippen molar-refractivity contribution < 1.29 is 4.79 Å². The fourth-order valence-electron chi connectivity index (χ4n) is 4.88. The highest BCUT2D eigenvalue weighted by molar-refractivity contribution is 5.87. The summed E-state index contributed by atoms with van der Waals surface area (Å²) in [5.41, 5.74) is 5.20. The van der Waals surface area contributed by atoms with Crippen molar-refractivity contribution in [2.45, 2.75) is 45.4 Å². The molecule has 2 aromatic carbocycles. The summed E-state index contributed by atoms with van der Waals surface area (Å²) in [6.45, 7) is 9.14. The first-order chi connectivity index (χ1) is 15.2. The van der Waals surface area contributed by atoms with E-state index in [2.05, 4.69) is 83.4 Å². The van der Waals surface area contributed by atoms with Crippen LogP contribution in [0.5, 0.6) is 0 Å². The molecule has 1 saturated heterocycles. The minimum absolute atomic E-state index is 0.220. The number of H-pyrrole nitrogens is 1. The number of benzene rings is 2. The predicted octanol–water partition coefficient (Wildman–Crippen LogP) is 5.00. The second-order valence-electron chi connectivity index (χ2n) is 8.68. The van der Waals surface area contributed by atoms with Crippen LogP contribution in [0, 0.1) is 0 Å². The van der Waals surface area contributed by atoms with Crippen molar-refractivity contribution in [3.05, 3.63) is 71.4 Å². The Labute approximate surface area is 186 Å². The first-order valence-electron chi connectivity index (χ1n) is 11.8. The number of hydrogen-bond acceptors (Lipinski definition) is 2. The summed E-state index contributed by atoms with van der Waals surface area (Å²) in [7, 11) is 0. The molecule has 2 heterocycles. The standard InChI is InChI=1S/C27H35N3O/c1-3-22-11-8-12-24-25(20-28-27(22)24)23(14-13-21-9-6-5-7-10-21)19-26(31)30-17-15-29(4-2)16-18-30/h5-12,20,23,28H,3-4,13-19H2,1-2H3/t23-/m1/s1. The number of carbonyl (C=O) groups excluding carboxylic acids is 1. The Morgan fingerprint density at radius 3 is 2.48 bits per heavy atom. The smallest absolute Gasteiger partial charge is 0.223 e. The minimum atomic E-state index is 0.220. The first-order valence-corrected chi connectivity index (χ1v) is 11.8. The molecule has 0 bridgehead atoms. The van der Waals surface area contributed by atoms with E-state index >= 15 is 0 Å². The third kappa shape index (κ3) is 5.01. The number of likely N-dealkylation sites (N-methyl/N-ethyl adjacent to an activating group) is 1. The maximum absolute atomic E-state index is 13.3. The normalized spacial score (nSPS) is 16.0. The van der Waals surface area contributed by atoms with Gasteiger partial charge in [-0.1, -0.05) is 62.4 Å². The number of aromatic nitrogens is 1. The van der Waals surface area contributed by atoms with Crippen LogP contribution >= 0.6 is 0 Å². The van der Waals surface area contributed by atoms with Gasteiger partial charge in [0, 0.05) is 49.7 Å². The van der Waals surface area contributed by atoms with E-state index in [9.17, 15) is 4.79 Å². The molecule has 0 saturated carbocycles. The molecule has 31 heavy (non-hydrogen) atoms. The lowest BCUT2D eigenvalue weighted by atomic mass is 9.88. The number of piperazine rings is 1. The first kappa shape index (κ1) is 21.6. The topological polar surface area (TPSA) is 39.3 Å². The number of nitrogens with zero attached hydrogens (tertiary/aromatic N) is 2. The average Bonchev–Trinajstić information content (AvgIpc) is 3.26. The zero-order chi connectivity index (χ0) is 21.6. The molecule has 4 rings (SSSR count). The van der Waals surface area contributed by atoms with Crippen LogP contribution in [0.15, 0.2) is 54.7 Å². The minimum Gasteiger partial charge on any atom is -0.361 e. The van der Waals surface area contributed by atoms with Gasteiger partial charge in [-0.25, -0.2) is 0 Å². The zero-order valence-corrected chi connectivity index (χ0v) is 18.9. The molecule has 0 aliphatic carbocycles. The number of hydrogen-bond donors (Lipinski definition) is 1. The molecule has 0 unspecified atom stereocenters. The van der Waals surface area contributed by atoms with Crippen molar-refractivity contribution in [2.24, 2.45) is 0 Å². The molecule has 0 radical (unpaired) electrons. The molecule has 164 valence electrons. The molecule has 1 aliphatic heterocycles. The van der Waals surface area contributed by atoms with Crippen LogP contribution in [0.25, 0.3) is 10.9 Å². The predicted molar refractivity (Wildman–Crippen MR) is 128 cm³/mol. The number of nitrogens with one attached hydrogen (secondary N) is 1. The number of carbonyl (C=O) groups is 1. The van der Waals surface area contributed by atoms with Crippen LogP contribution in [0.3, 0.4) is 0 Å². The van der Waals surface area contributed by atoms with Crippen molar-refractivity contribution in [1.29, 1.82) is 0 Å². The molecule has 1 aliphatic rings. The summed E-state index contributed by atoms with van der Waals surface area (Å²) in [6, 6.07) is 17.2. The van der Waals surface area contributed by atoms with E-state index in [1.165, 1.54) is 27.6 Å². The Morgan fingerprint density at radius 2 is 1.77 bits per heavy atom. The zero-order valence-electron chi connectivity index (χ0n) is 18.9. The van der Waals surface area contributed by atoms with E-state index < -0.39 is 0 Å². The van der Waals surface area contributed by atoms with Crippen LogP contribution in [0.1, 0.15) is 49.3 Å². The number of aryl methyl sites for hydroxylation is 2. The van der Waals surface area contributed by atoms with Crippen LogP contribution < -0.4 is 0 Å². The summed E-state index contributed by atoms with van der Waals surface area (Å²) in [5, 5.41) is 1.28. The highest BCUT2D eigenvalue weighted by Crippen LogP contribution is 2.33. The molecule has 1 fully saturated rings. The van der Waals surface area contributed by atoms with Crippen LogP contribution in [0.2, 0.25) is 0 Å². The van der Waals surface area contributed by atoms with E-state index in [1.807, 2.05) is 0 Å². The summed E-state index contributed by atoms with van der Waals surface area (Å²) < 4.78 is 0. The Hall–Kier alpha value is -2.59. The van der Waals surface area contributed by atoms with Gasteiger partial charge in [-0.15, -0.1) is 0 Å². The van der Waals surface area contributed by atoms with Crippen molar-refractivity contribution in [1.82, 2.24) is 14.8 Å². The summed E-state index contributed by atoms with van der Waals surface area (Å²) >= 11 is 0. The van der Waals surface area contributed by atoms with Crippen LogP contribution in [-0.4, -0.2) is 53.4 Å². The molecule has 4 heteroatoms. The fraction of sp³-hybridized carbons (Fsp3) is 0.444. The van der Waals surface area contributed by atoms with E-state index in [1.54, 1.807) is 0 Å². The van der Waals surface area contributed by atoms with Gasteiger partial charge in [-0.2, -0.15) is 0 Å². The number of rotatable bonds is 8. The van der Waals surface area contributed by atoms with Gasteiger partial charge >= 0.3 is 0 Å². The van der Waals surface area contributed by atoms with E-state index in [-0.39, 0.29) is 5.92 Å². The molecule has 1 N–H and O–H groups in total. The second kappa shape index (κ2) is 10.1. The highest BCUT2D eigenvalue weighted by atomic mass is 16.2. The Morgan fingerprint density at radius 1 is 1.00 bits per heavy atom. The van der Waals surface area contributed by atoms with Gasteiger partial charge in [0.2, 0.25) is 5.91 Å². The highest BCUT2D eigenvalue weighted by Gasteiger charge is 2.25. The van der Waals surface area contributed by atoms with Gasteiger partial charge in [0.15, 0.2) is 0 Å². The second-order valence-corrected chi connectivity index (χ2v) is 8.68. The van der Waals surface area contributed by atoms with Crippen molar-refractivity contribution in [3.8, 4) is 0 Å². The van der Waals surface area contributed by atoms with Gasteiger partial charge in [0.05, 0.1) is 0 Å². The number of fused-ring (bicyclic) bond motifs is 1. The summed E-state index contributed by atoms with van der Waals surface area (Å²) in [6.07, 6.45) is 5.72. The molecule has 4 nitrogen and oxygen atoms in total. The Bertz CT molecular complexity index is 986. The Balaban J connectivity index is 1.55. The molecule has 1 atom stereocenters. The monoisotopic (exact) mass is 417 g/mol. The largest absolute Gasteiger partial charge is 0.361 e. The lowest BCUT2D eigenvalue weighted by molar-refractivity contribution is -0.133. The number of amides is 1. The van der Waals surface area contributed by atoms with Gasteiger partial charge in [-0.05, 0) is 48.4 Å². The van der Waals surface area contributed by atoms with Gasteiger partial charge in [-0.3, -0.25) is 4.79 Å². The van der Waals surface area contributed by atoms with E-state index in [0.29, 0.717) is 12.3 Å². The van der Waals surface area contributed by atoms with Gasteiger partial charge < -0.3 is 14.8 Å². The molecular weight excluding hydrogens is 382 g/mol. The quantitative estimate of drug-likeness (QED) is 0.560. The maximum Gasteiger partial charge on any atom is 0.223 e. The molecule has 0 spiro atoms. The SMILES string of the molecule is CCc1cccc2c([C@H](CCc3ccccc3)CC(=O)N3CCN(CC)CC3)c[nH]c12. The summed E-state index contributed by atoms with van der Waals surface area (Å²) in [4.78, 5) is 21.3. The van der Waals surface area contributed by atoms with Crippen molar-refractivity contribution in [2.75, 3.05) is 32.7 Å². The van der Waals surface area contributed by atoms with Crippen molar-refractivity contribution in [3.63, 3.8) is 0 Å². The van der Waals surface area contributed by atoms with E-state index in [0.717, 1.165) is 52.0 Å². The molecule has 3 aromatic rings. The van der Waals surface area contributed by atoms with Crippen LogP contribution in [-0.2, 0) is 17.6 Å². The molecule has 1 amide bonds. The van der Waals surface area contributed by atoms with Gasteiger partial charge in [0.25, 0.3) is 0 Å². The fourth-order valence-corrected chi connectivity index (χ4v) is 4.88. The molecule has 1 aromatic heterocycles. The molecular formula is C27H35N3O. The lowest BCUT2D eigenvalue weighted by Crippen LogP contribution is -2.48. The van der Waals surface area contributed by atoms with E-state index in [4.69, 9.17) is 0 Å². The summed E-state index contributed by atoms with van der Waals surface area (Å²) in [5.74, 6) is 0.521.